The molecule has 0 aromatic carbocycles. The van der Waals surface area contributed by atoms with E-state index in [1.165, 1.54) is 77.0 Å². The maximum atomic E-state index is 12.7. The second kappa shape index (κ2) is 43.6. The highest BCUT2D eigenvalue weighted by Crippen LogP contribution is 2.12. The predicted molar refractivity (Wildman–Crippen MR) is 233 cm³/mol. The van der Waals surface area contributed by atoms with Gasteiger partial charge >= 0.3 is 17.9 Å². The molecule has 0 aliphatic heterocycles. The van der Waals surface area contributed by atoms with Gasteiger partial charge in [0.25, 0.3) is 0 Å². The predicted octanol–water partition coefficient (Wildman–Crippen LogP) is 14.3. The van der Waals surface area contributed by atoms with Crippen molar-refractivity contribution in [3.8, 4) is 0 Å². The molecule has 6 heteroatoms. The molecule has 0 radical (unpaired) electrons. The first-order valence-corrected chi connectivity index (χ1v) is 22.5. The minimum atomic E-state index is -0.820. The van der Waals surface area contributed by atoms with Crippen LogP contribution in [0.1, 0.15) is 201 Å². The van der Waals surface area contributed by atoms with Gasteiger partial charge in [-0.2, -0.15) is 0 Å². The van der Waals surface area contributed by atoms with Gasteiger partial charge < -0.3 is 14.2 Å². The Morgan fingerprint density at radius 2 is 0.800 bits per heavy atom. The molecule has 1 atom stereocenters. The molecule has 0 aliphatic rings. The monoisotopic (exact) mass is 767 g/mol. The van der Waals surface area contributed by atoms with Gasteiger partial charge in [0.2, 0.25) is 0 Å². The summed E-state index contributed by atoms with van der Waals surface area (Å²) in [4.78, 5) is 37.6. The van der Waals surface area contributed by atoms with Gasteiger partial charge in [-0.25, -0.2) is 0 Å². The summed E-state index contributed by atoms with van der Waals surface area (Å²) in [6.45, 7) is 6.36. The van der Waals surface area contributed by atoms with Crippen molar-refractivity contribution in [2.45, 2.75) is 207 Å². The molecule has 6 nitrogen and oxygen atoms in total. The fourth-order valence-corrected chi connectivity index (χ4v) is 5.81. The van der Waals surface area contributed by atoms with Crippen molar-refractivity contribution in [2.75, 3.05) is 13.2 Å². The molecule has 0 spiro atoms. The number of carbonyl (C=O) groups excluding carboxylic acids is 3. The second-order valence-corrected chi connectivity index (χ2v) is 14.6. The molecule has 0 aromatic rings. The Bertz CT molecular complexity index is 1070. The van der Waals surface area contributed by atoms with Crippen molar-refractivity contribution in [1.29, 1.82) is 0 Å². The highest BCUT2D eigenvalue weighted by Gasteiger charge is 2.19. The quantitative estimate of drug-likeness (QED) is 0.0204. The van der Waals surface area contributed by atoms with Crippen LogP contribution in [0.3, 0.4) is 0 Å². The number of rotatable bonds is 39. The van der Waals surface area contributed by atoms with E-state index < -0.39 is 12.1 Å². The Balaban J connectivity index is 4.48. The van der Waals surface area contributed by atoms with E-state index in [4.69, 9.17) is 14.2 Å². The van der Waals surface area contributed by atoms with E-state index >= 15 is 0 Å². The van der Waals surface area contributed by atoms with Crippen molar-refractivity contribution in [1.82, 2.24) is 0 Å². The molecular weight excluding hydrogens is 685 g/mol. The summed E-state index contributed by atoms with van der Waals surface area (Å²) in [5.74, 6) is -1.04. The highest BCUT2D eigenvalue weighted by molar-refractivity contribution is 5.71. The van der Waals surface area contributed by atoms with E-state index in [2.05, 4.69) is 87.6 Å². The molecule has 314 valence electrons. The minimum absolute atomic E-state index is 0.115. The topological polar surface area (TPSA) is 78.9 Å². The lowest BCUT2D eigenvalue weighted by molar-refractivity contribution is -0.166. The third-order valence-electron chi connectivity index (χ3n) is 9.21. The molecule has 0 heterocycles. The number of hydrogen-bond donors (Lipinski definition) is 0. The summed E-state index contributed by atoms with van der Waals surface area (Å²) in [6, 6.07) is 0. The van der Waals surface area contributed by atoms with Crippen LogP contribution in [-0.2, 0) is 28.6 Å². The lowest BCUT2D eigenvalue weighted by atomic mass is 10.1. The number of allylic oxidation sites excluding steroid dienone is 12. The second-order valence-electron chi connectivity index (χ2n) is 14.6. The number of unbranched alkanes of at least 4 members (excludes halogenated alkanes) is 17. The van der Waals surface area contributed by atoms with Crippen LogP contribution in [0.2, 0.25) is 0 Å². The van der Waals surface area contributed by atoms with E-state index in [-0.39, 0.29) is 31.6 Å². The van der Waals surface area contributed by atoms with Crippen molar-refractivity contribution in [3.63, 3.8) is 0 Å². The zero-order chi connectivity index (χ0) is 40.1. The van der Waals surface area contributed by atoms with Crippen molar-refractivity contribution in [2.24, 2.45) is 0 Å². The van der Waals surface area contributed by atoms with E-state index in [1.54, 1.807) is 0 Å². The number of esters is 3. The minimum Gasteiger partial charge on any atom is -0.462 e. The normalized spacial score (nSPS) is 12.7. The summed E-state index contributed by atoms with van der Waals surface area (Å²) >= 11 is 0. The van der Waals surface area contributed by atoms with Crippen LogP contribution in [0.25, 0.3) is 0 Å². The summed E-state index contributed by atoms with van der Waals surface area (Å²) in [7, 11) is 0. The van der Waals surface area contributed by atoms with E-state index in [0.29, 0.717) is 19.3 Å². The van der Waals surface area contributed by atoms with Gasteiger partial charge in [-0.3, -0.25) is 14.4 Å². The van der Waals surface area contributed by atoms with Gasteiger partial charge in [0.1, 0.15) is 13.2 Å². The molecule has 0 saturated carbocycles. The highest BCUT2D eigenvalue weighted by atomic mass is 16.6. The van der Waals surface area contributed by atoms with Gasteiger partial charge in [0.05, 0.1) is 0 Å². The summed E-state index contributed by atoms with van der Waals surface area (Å²) in [5.41, 5.74) is 0. The molecule has 0 N–H and O–H groups in total. The Hall–Kier alpha value is -3.15. The summed E-state index contributed by atoms with van der Waals surface area (Å²) < 4.78 is 16.6. The van der Waals surface area contributed by atoms with Crippen molar-refractivity contribution in [3.05, 3.63) is 72.9 Å². The van der Waals surface area contributed by atoms with Crippen LogP contribution in [0, 0.1) is 0 Å². The van der Waals surface area contributed by atoms with Gasteiger partial charge in [0.15, 0.2) is 6.10 Å². The Morgan fingerprint density at radius 1 is 0.400 bits per heavy atom. The van der Waals surface area contributed by atoms with Crippen LogP contribution >= 0.6 is 0 Å². The van der Waals surface area contributed by atoms with E-state index in [9.17, 15) is 14.4 Å². The largest absolute Gasteiger partial charge is 0.462 e. The Kier molecular flexibility index (Phi) is 41.1. The Labute approximate surface area is 338 Å². The van der Waals surface area contributed by atoms with Crippen LogP contribution in [0.15, 0.2) is 72.9 Å². The smallest absolute Gasteiger partial charge is 0.306 e. The summed E-state index contributed by atoms with van der Waals surface area (Å²) in [6.07, 6.45) is 53.3. The molecule has 0 rings (SSSR count). The molecule has 55 heavy (non-hydrogen) atoms. The number of hydrogen-bond acceptors (Lipinski definition) is 6. The van der Waals surface area contributed by atoms with Crippen molar-refractivity contribution >= 4 is 17.9 Å². The average Bonchev–Trinajstić information content (AvgIpc) is 3.18. The molecule has 0 aliphatic carbocycles. The van der Waals surface area contributed by atoms with Gasteiger partial charge in [-0.15, -0.1) is 0 Å². The molecule has 0 bridgehead atoms. The van der Waals surface area contributed by atoms with Gasteiger partial charge in [-0.05, 0) is 89.9 Å². The van der Waals surface area contributed by atoms with Gasteiger partial charge in [0, 0.05) is 19.3 Å². The molecule has 0 fully saturated rings. The van der Waals surface area contributed by atoms with Crippen LogP contribution < -0.4 is 0 Å². The standard InChI is InChI=1S/C49H82O6/c1-4-7-10-13-16-19-21-23-24-26-27-30-33-36-39-42-48(51)54-45-46(44-53-47(50)41-38-35-32-29-18-15-12-9-6-3)55-49(52)43-40-37-34-31-28-25-22-20-17-14-11-8-5-2/h9,12,16,18-19,21,23,25,28-29,34,37,46H,4-8,10-11,13-15,17,20,22,24,26-27,30-33,35-36,38-45H2,1-3H3/b12-9-,19-16-,23-21-,28-25-,29-18-,37-34-. The molecule has 1 unspecified atom stereocenters. The lowest BCUT2D eigenvalue weighted by Gasteiger charge is -2.18. The number of carbonyl (C=O) groups is 3. The first-order valence-electron chi connectivity index (χ1n) is 22.5. The Morgan fingerprint density at radius 3 is 1.35 bits per heavy atom. The van der Waals surface area contributed by atoms with Gasteiger partial charge in [-0.1, -0.05) is 164 Å². The fraction of sp³-hybridized carbons (Fsp3) is 0.694. The lowest BCUT2D eigenvalue weighted by Crippen LogP contribution is -2.30. The molecule has 0 aromatic heterocycles. The zero-order valence-corrected chi connectivity index (χ0v) is 35.7. The first kappa shape index (κ1) is 51.9. The third-order valence-corrected chi connectivity index (χ3v) is 9.21. The molecule has 0 amide bonds. The SMILES string of the molecule is CC/C=C\C/C=C\CCCCC(=O)OCC(COC(=O)CCCCCCCC/C=C\C=C/CCCCC)OC(=O)CC/C=C\C/C=C\CCCCCCCC. The molecular formula is C49H82O6. The van der Waals surface area contributed by atoms with E-state index in [1.807, 2.05) is 6.08 Å². The van der Waals surface area contributed by atoms with Crippen molar-refractivity contribution < 1.29 is 28.6 Å². The average molecular weight is 767 g/mol. The first-order chi connectivity index (χ1) is 27.0. The summed E-state index contributed by atoms with van der Waals surface area (Å²) in [5, 5.41) is 0. The van der Waals surface area contributed by atoms with Crippen LogP contribution in [0.5, 0.6) is 0 Å². The number of ether oxygens (including phenoxy) is 3. The van der Waals surface area contributed by atoms with Crippen LogP contribution in [0.4, 0.5) is 0 Å². The molecule has 0 saturated heterocycles. The maximum absolute atomic E-state index is 12.7. The van der Waals surface area contributed by atoms with Crippen LogP contribution in [-0.4, -0.2) is 37.2 Å². The zero-order valence-electron chi connectivity index (χ0n) is 35.7. The maximum Gasteiger partial charge on any atom is 0.306 e. The van der Waals surface area contributed by atoms with E-state index in [0.717, 1.165) is 77.0 Å². The third kappa shape index (κ3) is 41.8. The fourth-order valence-electron chi connectivity index (χ4n) is 5.81.